The van der Waals surface area contributed by atoms with E-state index in [0.29, 0.717) is 19.3 Å². The van der Waals surface area contributed by atoms with Crippen molar-refractivity contribution in [1.82, 2.24) is 0 Å². The summed E-state index contributed by atoms with van der Waals surface area (Å²) in [6.45, 7) is 6.55. The summed E-state index contributed by atoms with van der Waals surface area (Å²) >= 11 is 0. The molecule has 0 saturated heterocycles. The van der Waals surface area contributed by atoms with E-state index in [-0.39, 0.29) is 31.1 Å². The summed E-state index contributed by atoms with van der Waals surface area (Å²) in [6, 6.07) is 0. The van der Waals surface area contributed by atoms with E-state index in [0.717, 1.165) is 122 Å². The van der Waals surface area contributed by atoms with E-state index in [9.17, 15) is 14.4 Å². The Morgan fingerprint density at radius 2 is 0.476 bits per heavy atom. The molecule has 0 aliphatic rings. The zero-order valence-electron chi connectivity index (χ0n) is 54.2. The zero-order chi connectivity index (χ0) is 59.2. The van der Waals surface area contributed by atoms with Gasteiger partial charge in [-0.2, -0.15) is 0 Å². The van der Waals surface area contributed by atoms with Crippen molar-refractivity contribution in [3.63, 3.8) is 0 Å². The molecule has 0 rings (SSSR count). The van der Waals surface area contributed by atoms with E-state index < -0.39 is 6.10 Å². The number of ether oxygens (including phenoxy) is 3. The molecule has 0 aromatic carbocycles. The Morgan fingerprint density at radius 1 is 0.256 bits per heavy atom. The number of carbonyl (C=O) groups is 3. The number of unbranched alkanes of at least 4 members (excludes halogenated alkanes) is 37. The maximum atomic E-state index is 13.0. The average molecular weight is 1140 g/mol. The SMILES string of the molecule is CC/C=C\C/C=C\C/C=C\C/C=C\C/C=C\C/C=C\C/C=C\CCCCCCCC(=O)OCC(COC(=O)CCCCCCCCC/C=C\CCCCCCCC)OC(=O)CCCCCCCCCCCCCCCCCCCCCC. The first-order valence-electron chi connectivity index (χ1n) is 35.2. The minimum atomic E-state index is -0.789. The molecule has 0 spiro atoms. The third-order valence-electron chi connectivity index (χ3n) is 15.3. The van der Waals surface area contributed by atoms with Crippen LogP contribution in [0.25, 0.3) is 0 Å². The summed E-state index contributed by atoms with van der Waals surface area (Å²) < 4.78 is 17.0. The standard InChI is InChI=1S/C76H132O6/c1-4-7-10-13-16-19-22-25-28-31-33-35-36-37-38-39-40-41-43-45-48-51-54-57-60-63-66-69-75(78)81-72-73(71-80-74(77)68-65-62-59-56-53-50-47-44-30-27-24-21-18-15-12-9-6-3)82-76(79)70-67-64-61-58-55-52-49-46-42-34-32-29-26-23-20-17-14-11-8-5-2/h7,10,16,19,25,27-28,30,33,35,37-38,40-41,45,48,73H,4-6,8-9,11-15,17-18,20-24,26,29,31-32,34,36,39,42-44,46-47,49-72H2,1-3H3/b10-7-,19-16-,28-25-,30-27-,35-33-,38-37-,41-40-,48-45-. The Kier molecular flexibility index (Phi) is 66.7. The third-order valence-corrected chi connectivity index (χ3v) is 15.3. The number of rotatable bonds is 64. The van der Waals surface area contributed by atoms with Crippen molar-refractivity contribution in [3.05, 3.63) is 97.2 Å². The van der Waals surface area contributed by atoms with Crippen molar-refractivity contribution in [2.24, 2.45) is 0 Å². The Morgan fingerprint density at radius 3 is 0.756 bits per heavy atom. The molecule has 0 saturated carbocycles. The fourth-order valence-electron chi connectivity index (χ4n) is 10.1. The predicted octanol–water partition coefficient (Wildman–Crippen LogP) is 24.4. The molecule has 0 fully saturated rings. The monoisotopic (exact) mass is 1140 g/mol. The van der Waals surface area contributed by atoms with E-state index in [4.69, 9.17) is 14.2 Å². The van der Waals surface area contributed by atoms with Crippen LogP contribution < -0.4 is 0 Å². The molecule has 6 nitrogen and oxygen atoms in total. The Bertz CT molecular complexity index is 1590. The molecule has 0 N–H and O–H groups in total. The molecular weight excluding hydrogens is 1010 g/mol. The fraction of sp³-hybridized carbons (Fsp3) is 0.750. The van der Waals surface area contributed by atoms with Gasteiger partial charge in [0.05, 0.1) is 0 Å². The maximum Gasteiger partial charge on any atom is 0.306 e. The molecule has 0 aromatic rings. The summed E-state index contributed by atoms with van der Waals surface area (Å²) in [7, 11) is 0. The van der Waals surface area contributed by atoms with E-state index in [1.807, 2.05) is 0 Å². The van der Waals surface area contributed by atoms with Gasteiger partial charge in [0.1, 0.15) is 13.2 Å². The molecule has 472 valence electrons. The predicted molar refractivity (Wildman–Crippen MR) is 357 cm³/mol. The maximum absolute atomic E-state index is 13.0. The van der Waals surface area contributed by atoms with Crippen LogP contribution in [0.3, 0.4) is 0 Å². The van der Waals surface area contributed by atoms with Crippen molar-refractivity contribution in [2.45, 2.75) is 354 Å². The lowest BCUT2D eigenvalue weighted by atomic mass is 10.0. The molecule has 0 amide bonds. The number of hydrogen-bond acceptors (Lipinski definition) is 6. The summed E-state index contributed by atoms with van der Waals surface area (Å²) in [4.78, 5) is 38.5. The second-order valence-corrected chi connectivity index (χ2v) is 23.4. The van der Waals surface area contributed by atoms with Gasteiger partial charge in [-0.25, -0.2) is 0 Å². The van der Waals surface area contributed by atoms with Crippen molar-refractivity contribution in [1.29, 1.82) is 0 Å². The van der Waals surface area contributed by atoms with Crippen LogP contribution in [0.5, 0.6) is 0 Å². The molecule has 0 bridgehead atoms. The van der Waals surface area contributed by atoms with Gasteiger partial charge in [-0.1, -0.05) is 323 Å². The molecule has 6 heteroatoms. The zero-order valence-corrected chi connectivity index (χ0v) is 54.2. The van der Waals surface area contributed by atoms with Gasteiger partial charge in [0.25, 0.3) is 0 Å². The van der Waals surface area contributed by atoms with Gasteiger partial charge >= 0.3 is 17.9 Å². The van der Waals surface area contributed by atoms with Gasteiger partial charge in [-0.3, -0.25) is 14.4 Å². The Labute approximate surface area is 508 Å². The lowest BCUT2D eigenvalue weighted by Gasteiger charge is -2.18. The minimum Gasteiger partial charge on any atom is -0.462 e. The summed E-state index contributed by atoms with van der Waals surface area (Å²) in [6.07, 6.45) is 94.2. The normalized spacial score (nSPS) is 12.7. The van der Waals surface area contributed by atoms with Crippen LogP contribution >= 0.6 is 0 Å². The van der Waals surface area contributed by atoms with Crippen molar-refractivity contribution in [3.8, 4) is 0 Å². The van der Waals surface area contributed by atoms with Crippen LogP contribution in [0, 0.1) is 0 Å². The van der Waals surface area contributed by atoms with Gasteiger partial charge in [0, 0.05) is 19.3 Å². The van der Waals surface area contributed by atoms with Gasteiger partial charge in [-0.05, 0) is 103 Å². The van der Waals surface area contributed by atoms with E-state index >= 15 is 0 Å². The summed E-state index contributed by atoms with van der Waals surface area (Å²) in [5.41, 5.74) is 0. The van der Waals surface area contributed by atoms with E-state index in [1.165, 1.54) is 186 Å². The molecule has 0 radical (unpaired) electrons. The molecule has 1 unspecified atom stereocenters. The highest BCUT2D eigenvalue weighted by molar-refractivity contribution is 5.71. The highest BCUT2D eigenvalue weighted by atomic mass is 16.6. The Balaban J connectivity index is 4.39. The van der Waals surface area contributed by atoms with E-state index in [1.54, 1.807) is 0 Å². The molecule has 0 aromatic heterocycles. The number of allylic oxidation sites excluding steroid dienone is 16. The second-order valence-electron chi connectivity index (χ2n) is 23.4. The second kappa shape index (κ2) is 69.8. The van der Waals surface area contributed by atoms with Gasteiger partial charge in [0.15, 0.2) is 6.10 Å². The lowest BCUT2D eigenvalue weighted by Crippen LogP contribution is -2.30. The van der Waals surface area contributed by atoms with Crippen molar-refractivity contribution in [2.75, 3.05) is 13.2 Å². The molecular formula is C76H132O6. The Hall–Kier alpha value is -3.67. The van der Waals surface area contributed by atoms with Gasteiger partial charge in [0.2, 0.25) is 0 Å². The minimum absolute atomic E-state index is 0.0830. The fourth-order valence-corrected chi connectivity index (χ4v) is 10.1. The van der Waals surface area contributed by atoms with Gasteiger partial charge < -0.3 is 14.2 Å². The van der Waals surface area contributed by atoms with Crippen LogP contribution in [-0.4, -0.2) is 37.2 Å². The van der Waals surface area contributed by atoms with Crippen LogP contribution in [0.15, 0.2) is 97.2 Å². The third kappa shape index (κ3) is 67.1. The first-order valence-corrected chi connectivity index (χ1v) is 35.2. The van der Waals surface area contributed by atoms with Crippen LogP contribution in [0.2, 0.25) is 0 Å². The number of carbonyl (C=O) groups excluding carboxylic acids is 3. The molecule has 0 heterocycles. The van der Waals surface area contributed by atoms with E-state index in [2.05, 4.69) is 118 Å². The van der Waals surface area contributed by atoms with Gasteiger partial charge in [-0.15, -0.1) is 0 Å². The summed E-state index contributed by atoms with van der Waals surface area (Å²) in [5.74, 6) is -0.888. The highest BCUT2D eigenvalue weighted by Crippen LogP contribution is 2.17. The van der Waals surface area contributed by atoms with Crippen LogP contribution in [0.1, 0.15) is 348 Å². The molecule has 0 aliphatic heterocycles. The lowest BCUT2D eigenvalue weighted by molar-refractivity contribution is -0.167. The largest absolute Gasteiger partial charge is 0.462 e. The molecule has 82 heavy (non-hydrogen) atoms. The summed E-state index contributed by atoms with van der Waals surface area (Å²) in [5, 5.41) is 0. The smallest absolute Gasteiger partial charge is 0.306 e. The highest BCUT2D eigenvalue weighted by Gasteiger charge is 2.19. The molecule has 1 atom stereocenters. The van der Waals surface area contributed by atoms with Crippen molar-refractivity contribution >= 4 is 17.9 Å². The first kappa shape index (κ1) is 78.3. The first-order chi connectivity index (χ1) is 40.5. The number of hydrogen-bond donors (Lipinski definition) is 0. The van der Waals surface area contributed by atoms with Crippen LogP contribution in [-0.2, 0) is 28.6 Å². The average Bonchev–Trinajstić information content (AvgIpc) is 3.47. The molecule has 0 aliphatic carbocycles. The quantitative estimate of drug-likeness (QED) is 0.0261. The van der Waals surface area contributed by atoms with Crippen molar-refractivity contribution < 1.29 is 28.6 Å². The number of esters is 3. The topological polar surface area (TPSA) is 78.9 Å². The van der Waals surface area contributed by atoms with Crippen LogP contribution in [0.4, 0.5) is 0 Å².